The highest BCUT2D eigenvalue weighted by molar-refractivity contribution is 5.85. The molecular weight excluding hydrogens is 478 g/mol. The van der Waals surface area contributed by atoms with Crippen LogP contribution >= 0.6 is 0 Å². The summed E-state index contributed by atoms with van der Waals surface area (Å²) in [7, 11) is 0. The SMILES string of the molecule is Cc1ccc(C)c2[nH]c(=O)c(C(c3nnnn3CC3CCCO3)N3CCN(Cc4ccccc4)CC3)cc12. The number of pyridine rings is 1. The van der Waals surface area contributed by atoms with Crippen molar-refractivity contribution in [3.05, 3.63) is 87.0 Å². The van der Waals surface area contributed by atoms with Gasteiger partial charge in [-0.15, -0.1) is 5.10 Å². The minimum atomic E-state index is -0.349. The van der Waals surface area contributed by atoms with Crippen LogP contribution in [0.5, 0.6) is 0 Å². The van der Waals surface area contributed by atoms with Crippen LogP contribution in [0.2, 0.25) is 0 Å². The Labute approximate surface area is 222 Å². The van der Waals surface area contributed by atoms with Gasteiger partial charge in [-0.1, -0.05) is 42.5 Å². The topological polar surface area (TPSA) is 92.2 Å². The van der Waals surface area contributed by atoms with Gasteiger partial charge in [0.1, 0.15) is 6.04 Å². The predicted molar refractivity (Wildman–Crippen MR) is 146 cm³/mol. The first-order valence-electron chi connectivity index (χ1n) is 13.6. The fourth-order valence-corrected chi connectivity index (χ4v) is 5.83. The van der Waals surface area contributed by atoms with Gasteiger partial charge in [-0.2, -0.15) is 0 Å². The zero-order valence-electron chi connectivity index (χ0n) is 22.1. The van der Waals surface area contributed by atoms with Gasteiger partial charge in [0.05, 0.1) is 18.2 Å². The van der Waals surface area contributed by atoms with Gasteiger partial charge in [0.25, 0.3) is 5.56 Å². The van der Waals surface area contributed by atoms with Crippen molar-refractivity contribution in [1.82, 2.24) is 35.0 Å². The average molecular weight is 514 g/mol. The number of tetrazole rings is 1. The van der Waals surface area contributed by atoms with Gasteiger partial charge in [-0.25, -0.2) is 4.68 Å². The number of nitrogens with one attached hydrogen (secondary N) is 1. The molecule has 198 valence electrons. The Hall–Kier alpha value is -3.40. The molecule has 4 heterocycles. The fraction of sp³-hybridized carbons (Fsp3) is 0.448. The molecular formula is C29H35N7O2. The number of hydrogen-bond donors (Lipinski definition) is 1. The van der Waals surface area contributed by atoms with E-state index in [1.807, 2.05) is 11.6 Å². The lowest BCUT2D eigenvalue weighted by molar-refractivity contribution is 0.0840. The Morgan fingerprint density at radius 2 is 1.84 bits per heavy atom. The quantitative estimate of drug-likeness (QED) is 0.406. The summed E-state index contributed by atoms with van der Waals surface area (Å²) >= 11 is 0. The molecule has 2 unspecified atom stereocenters. The molecule has 4 aromatic rings. The van der Waals surface area contributed by atoms with Crippen molar-refractivity contribution in [1.29, 1.82) is 0 Å². The van der Waals surface area contributed by atoms with Crippen molar-refractivity contribution < 1.29 is 4.74 Å². The molecule has 2 saturated heterocycles. The molecule has 2 aromatic heterocycles. The summed E-state index contributed by atoms with van der Waals surface area (Å²) in [6.07, 6.45) is 2.15. The second-order valence-electron chi connectivity index (χ2n) is 10.6. The minimum absolute atomic E-state index is 0.0884. The lowest BCUT2D eigenvalue weighted by Gasteiger charge is -2.38. The van der Waals surface area contributed by atoms with Gasteiger partial charge in [0.2, 0.25) is 0 Å². The zero-order valence-corrected chi connectivity index (χ0v) is 22.1. The van der Waals surface area contributed by atoms with E-state index in [2.05, 4.69) is 85.8 Å². The van der Waals surface area contributed by atoms with Crippen molar-refractivity contribution >= 4 is 10.9 Å². The van der Waals surface area contributed by atoms with E-state index in [0.717, 1.165) is 74.2 Å². The van der Waals surface area contributed by atoms with Gasteiger partial charge in [-0.3, -0.25) is 14.6 Å². The van der Waals surface area contributed by atoms with Crippen molar-refractivity contribution in [3.8, 4) is 0 Å². The third-order valence-electron chi connectivity index (χ3n) is 7.99. The minimum Gasteiger partial charge on any atom is -0.376 e. The molecule has 0 saturated carbocycles. The molecule has 2 atom stereocenters. The normalized spacial score (nSPS) is 19.8. The van der Waals surface area contributed by atoms with Crippen molar-refractivity contribution in [2.75, 3.05) is 32.8 Å². The first-order valence-corrected chi connectivity index (χ1v) is 13.6. The smallest absolute Gasteiger partial charge is 0.253 e. The van der Waals surface area contributed by atoms with Crippen LogP contribution in [0, 0.1) is 13.8 Å². The Morgan fingerprint density at radius 3 is 2.61 bits per heavy atom. The van der Waals surface area contributed by atoms with E-state index in [1.54, 1.807) is 0 Å². The number of H-pyrrole nitrogens is 1. The number of aromatic amines is 1. The first kappa shape index (κ1) is 24.9. The monoisotopic (exact) mass is 513 g/mol. The second-order valence-corrected chi connectivity index (χ2v) is 10.6. The molecule has 9 heteroatoms. The van der Waals surface area contributed by atoms with Crippen LogP contribution in [-0.2, 0) is 17.8 Å². The Morgan fingerprint density at radius 1 is 1.05 bits per heavy atom. The lowest BCUT2D eigenvalue weighted by Crippen LogP contribution is -2.48. The number of aromatic nitrogens is 5. The average Bonchev–Trinajstić information content (AvgIpc) is 3.62. The van der Waals surface area contributed by atoms with Crippen LogP contribution in [0.4, 0.5) is 0 Å². The molecule has 0 aliphatic carbocycles. The third-order valence-corrected chi connectivity index (χ3v) is 7.99. The van der Waals surface area contributed by atoms with Crippen molar-refractivity contribution in [2.45, 2.75) is 51.9 Å². The maximum Gasteiger partial charge on any atom is 0.253 e. The summed E-state index contributed by atoms with van der Waals surface area (Å²) in [6.45, 7) is 9.85. The molecule has 2 aliphatic rings. The van der Waals surface area contributed by atoms with Crippen LogP contribution in [0.3, 0.4) is 0 Å². The lowest BCUT2D eigenvalue weighted by atomic mass is 9.99. The molecule has 1 N–H and O–H groups in total. The highest BCUT2D eigenvalue weighted by atomic mass is 16.5. The third kappa shape index (κ3) is 5.01. The number of benzene rings is 2. The molecule has 2 aromatic carbocycles. The first-order chi connectivity index (χ1) is 18.6. The van der Waals surface area contributed by atoms with E-state index in [4.69, 9.17) is 4.74 Å². The van der Waals surface area contributed by atoms with Crippen molar-refractivity contribution in [3.63, 3.8) is 0 Å². The molecule has 6 rings (SSSR count). The predicted octanol–water partition coefficient (Wildman–Crippen LogP) is 3.22. The number of hydrogen-bond acceptors (Lipinski definition) is 7. The van der Waals surface area contributed by atoms with Crippen LogP contribution in [0.1, 0.15) is 47.0 Å². The van der Waals surface area contributed by atoms with E-state index in [-0.39, 0.29) is 17.7 Å². The standard InChI is InChI=1S/C29H35N7O2/c1-20-10-11-21(2)26-24(20)17-25(29(37)30-26)27(28-31-32-33-36(28)19-23-9-6-16-38-23)35-14-12-34(13-15-35)18-22-7-4-3-5-8-22/h3-5,7-8,10-11,17,23,27H,6,9,12-16,18-19H2,1-2H3,(H,30,37). The van der Waals surface area contributed by atoms with E-state index in [0.29, 0.717) is 17.9 Å². The summed E-state index contributed by atoms with van der Waals surface area (Å²) < 4.78 is 7.74. The Kier molecular flexibility index (Phi) is 7.06. The molecule has 2 fully saturated rings. The molecule has 9 nitrogen and oxygen atoms in total. The summed E-state index contributed by atoms with van der Waals surface area (Å²) in [5.41, 5.74) is 5.00. The Bertz CT molecular complexity index is 1450. The number of fused-ring (bicyclic) bond motifs is 1. The highest BCUT2D eigenvalue weighted by Crippen LogP contribution is 2.30. The Balaban J connectivity index is 1.35. The van der Waals surface area contributed by atoms with Crippen LogP contribution < -0.4 is 5.56 Å². The number of nitrogens with zero attached hydrogens (tertiary/aromatic N) is 6. The highest BCUT2D eigenvalue weighted by Gasteiger charge is 2.33. The molecule has 0 radical (unpaired) electrons. The van der Waals surface area contributed by atoms with Gasteiger partial charge in [0.15, 0.2) is 5.82 Å². The summed E-state index contributed by atoms with van der Waals surface area (Å²) in [5.74, 6) is 0.701. The van der Waals surface area contributed by atoms with Crippen LogP contribution in [0.25, 0.3) is 10.9 Å². The molecule has 0 spiro atoms. The van der Waals surface area contributed by atoms with Crippen LogP contribution in [0.15, 0.2) is 53.3 Å². The molecule has 0 amide bonds. The van der Waals surface area contributed by atoms with Gasteiger partial charge in [0, 0.05) is 50.3 Å². The summed E-state index contributed by atoms with van der Waals surface area (Å²) in [4.78, 5) is 21.7. The van der Waals surface area contributed by atoms with E-state index >= 15 is 0 Å². The number of piperazine rings is 1. The summed E-state index contributed by atoms with van der Waals surface area (Å²) in [5, 5.41) is 14.0. The second kappa shape index (κ2) is 10.8. The number of rotatable bonds is 7. The summed E-state index contributed by atoms with van der Waals surface area (Å²) in [6, 6.07) is 16.5. The van der Waals surface area contributed by atoms with Gasteiger partial charge < -0.3 is 9.72 Å². The molecule has 38 heavy (non-hydrogen) atoms. The van der Waals surface area contributed by atoms with Gasteiger partial charge in [-0.05, 0) is 59.9 Å². The fourth-order valence-electron chi connectivity index (χ4n) is 5.83. The van der Waals surface area contributed by atoms with Crippen molar-refractivity contribution in [2.24, 2.45) is 0 Å². The maximum atomic E-state index is 13.6. The number of aryl methyl sites for hydroxylation is 2. The maximum absolute atomic E-state index is 13.6. The van der Waals surface area contributed by atoms with E-state index in [9.17, 15) is 4.79 Å². The number of ether oxygens (including phenoxy) is 1. The van der Waals surface area contributed by atoms with Crippen LogP contribution in [-0.4, -0.2) is 73.9 Å². The van der Waals surface area contributed by atoms with Gasteiger partial charge >= 0.3 is 0 Å². The largest absolute Gasteiger partial charge is 0.376 e. The van der Waals surface area contributed by atoms with E-state index in [1.165, 1.54) is 5.56 Å². The van der Waals surface area contributed by atoms with E-state index < -0.39 is 0 Å². The molecule has 0 bridgehead atoms. The molecule has 2 aliphatic heterocycles. The zero-order chi connectivity index (χ0) is 26.1.